The van der Waals surface area contributed by atoms with Crippen molar-refractivity contribution in [3.05, 3.63) is 60.8 Å². The molecule has 2 aliphatic rings. The molecule has 2 aromatic heterocycles. The Labute approximate surface area is 257 Å². The molecule has 2 fully saturated rings. The van der Waals surface area contributed by atoms with Crippen molar-refractivity contribution in [3.63, 3.8) is 0 Å². The molecule has 1 aliphatic carbocycles. The highest BCUT2D eigenvalue weighted by molar-refractivity contribution is 5.93. The molecule has 3 heterocycles. The summed E-state index contributed by atoms with van der Waals surface area (Å²) in [5.74, 6) is -1.40. The van der Waals surface area contributed by atoms with Gasteiger partial charge >= 0.3 is 12.1 Å². The molecule has 6 rings (SSSR count). The van der Waals surface area contributed by atoms with Crippen molar-refractivity contribution in [1.29, 1.82) is 0 Å². The summed E-state index contributed by atoms with van der Waals surface area (Å²) in [6, 6.07) is 18.7. The summed E-state index contributed by atoms with van der Waals surface area (Å²) in [5, 5.41) is 15.1. The molecule has 1 aliphatic heterocycles. The van der Waals surface area contributed by atoms with Crippen molar-refractivity contribution in [2.75, 3.05) is 55.5 Å². The minimum absolute atomic E-state index is 0.0925. The maximum absolute atomic E-state index is 12.1. The first-order chi connectivity index (χ1) is 21.4. The van der Waals surface area contributed by atoms with Gasteiger partial charge in [0.25, 0.3) is 0 Å². The molecule has 0 spiro atoms. The zero-order chi connectivity index (χ0) is 32.3. The number of carbonyl (C=O) groups is 2. The maximum Gasteiger partial charge on any atom is 0.490 e. The number of aromatic nitrogens is 3. The quantitative estimate of drug-likeness (QED) is 0.291. The highest BCUT2D eigenvalue weighted by Crippen LogP contribution is 2.34. The molecule has 0 bridgehead atoms. The molecule has 0 radical (unpaired) electrons. The summed E-state index contributed by atoms with van der Waals surface area (Å²) in [4.78, 5) is 32.3. The van der Waals surface area contributed by atoms with Crippen LogP contribution >= 0.6 is 0 Å². The van der Waals surface area contributed by atoms with E-state index in [0.29, 0.717) is 12.0 Å². The molecule has 4 aromatic rings. The fraction of sp³-hybridized carbons (Fsp3) is 0.355. The Morgan fingerprint density at radius 2 is 1.64 bits per heavy atom. The van der Waals surface area contributed by atoms with E-state index in [1.165, 1.54) is 0 Å². The van der Waals surface area contributed by atoms with Gasteiger partial charge in [-0.15, -0.1) is 5.10 Å². The van der Waals surface area contributed by atoms with Gasteiger partial charge in [0.05, 0.1) is 12.8 Å². The predicted octanol–water partition coefficient (Wildman–Crippen LogP) is 5.05. The number of carbonyl (C=O) groups excluding carboxylic acids is 1. The van der Waals surface area contributed by atoms with Crippen LogP contribution < -0.4 is 19.9 Å². The molecule has 1 saturated heterocycles. The average Bonchev–Trinajstić information content (AvgIpc) is 3.75. The Balaban J connectivity index is 0.000000515. The van der Waals surface area contributed by atoms with E-state index in [1.54, 1.807) is 18.5 Å². The first-order valence-corrected chi connectivity index (χ1v) is 14.4. The van der Waals surface area contributed by atoms with Crippen molar-refractivity contribution in [3.8, 4) is 16.9 Å². The van der Waals surface area contributed by atoms with E-state index in [-0.39, 0.29) is 5.91 Å². The lowest BCUT2D eigenvalue weighted by Gasteiger charge is -2.34. The molecule has 238 valence electrons. The normalized spacial score (nSPS) is 15.3. The summed E-state index contributed by atoms with van der Waals surface area (Å²) in [5.41, 5.74) is 5.75. The number of methoxy groups -OCH3 is 1. The molecular weight excluding hydrogens is 591 g/mol. The smallest absolute Gasteiger partial charge is 0.490 e. The number of carboxylic acid groups (broad SMARTS) is 1. The maximum atomic E-state index is 12.1. The van der Waals surface area contributed by atoms with E-state index in [0.717, 1.165) is 78.6 Å². The van der Waals surface area contributed by atoms with Gasteiger partial charge in [-0.3, -0.25) is 4.79 Å². The zero-order valence-corrected chi connectivity index (χ0v) is 25.1. The first-order valence-electron chi connectivity index (χ1n) is 14.4. The van der Waals surface area contributed by atoms with E-state index in [1.807, 2.05) is 41.4 Å². The highest BCUT2D eigenvalue weighted by Gasteiger charge is 2.38. The number of nitrogens with one attached hydrogen (secondary N) is 1. The lowest BCUT2D eigenvalue weighted by Crippen LogP contribution is -2.44. The van der Waals surface area contributed by atoms with Gasteiger partial charge in [-0.2, -0.15) is 18.2 Å². The van der Waals surface area contributed by atoms with Crippen LogP contribution in [0.25, 0.3) is 16.8 Å². The number of ether oxygens (including phenoxy) is 1. The molecule has 0 unspecified atom stereocenters. The number of carboxylic acids is 1. The third-order valence-electron chi connectivity index (χ3n) is 7.60. The number of amides is 1. The van der Waals surface area contributed by atoms with Crippen LogP contribution in [0.5, 0.6) is 5.75 Å². The molecule has 1 saturated carbocycles. The van der Waals surface area contributed by atoms with Gasteiger partial charge in [-0.25, -0.2) is 9.31 Å². The SMILES string of the molecule is COc1cc(N2CCN(C)CC2)ccc1Nc1nc2ccc(-c3ccc(N(C(C)=O)C4CC4)cc3)cn2n1.O=C(O)C(F)(F)F. The van der Waals surface area contributed by atoms with Crippen molar-refractivity contribution in [2.45, 2.75) is 32.0 Å². The fourth-order valence-corrected chi connectivity index (χ4v) is 5.07. The number of likely N-dealkylation sites (N-methyl/N-ethyl adjacent to an activating group) is 1. The van der Waals surface area contributed by atoms with Crippen LogP contribution in [0.15, 0.2) is 60.8 Å². The molecule has 45 heavy (non-hydrogen) atoms. The third-order valence-corrected chi connectivity index (χ3v) is 7.60. The van der Waals surface area contributed by atoms with Gasteiger partial charge in [-0.05, 0) is 61.9 Å². The Morgan fingerprint density at radius 3 is 2.22 bits per heavy atom. The lowest BCUT2D eigenvalue weighted by molar-refractivity contribution is -0.192. The highest BCUT2D eigenvalue weighted by atomic mass is 19.4. The number of piperazine rings is 1. The van der Waals surface area contributed by atoms with Crippen LogP contribution in [-0.2, 0) is 9.59 Å². The molecular formula is C31H34F3N7O4. The number of pyridine rings is 1. The topological polar surface area (TPSA) is 116 Å². The van der Waals surface area contributed by atoms with Gasteiger partial charge in [-0.1, -0.05) is 12.1 Å². The standard InChI is InChI=1S/C29H33N7O2.C2HF3O2/c1-20(37)36(24-9-10-24)23-7-4-21(5-8-23)22-6-13-28-31-29(32-35(28)19-22)30-26-12-11-25(18-27(26)38-3)34-16-14-33(2)15-17-34;3-2(4,5)1(6)7/h4-8,11-13,18-19,24H,9-10,14-17H2,1-3H3,(H,30,32);(H,6,7). The van der Waals surface area contributed by atoms with Gasteiger partial charge in [0.1, 0.15) is 5.75 Å². The zero-order valence-electron chi connectivity index (χ0n) is 25.1. The van der Waals surface area contributed by atoms with Crippen LogP contribution in [0.4, 0.5) is 36.2 Å². The van der Waals surface area contributed by atoms with Crippen LogP contribution in [0.3, 0.4) is 0 Å². The Kier molecular flexibility index (Phi) is 9.14. The number of alkyl halides is 3. The average molecular weight is 626 g/mol. The second-order valence-corrected chi connectivity index (χ2v) is 10.9. The van der Waals surface area contributed by atoms with Crippen LogP contribution in [0.2, 0.25) is 0 Å². The summed E-state index contributed by atoms with van der Waals surface area (Å²) < 4.78 is 39.2. The number of hydrogen-bond donors (Lipinski definition) is 2. The van der Waals surface area contributed by atoms with Crippen LogP contribution in [0, 0.1) is 0 Å². The predicted molar refractivity (Wildman–Crippen MR) is 164 cm³/mol. The number of anilines is 4. The molecule has 11 nitrogen and oxygen atoms in total. The van der Waals surface area contributed by atoms with Crippen LogP contribution in [0.1, 0.15) is 19.8 Å². The number of rotatable bonds is 7. The Hall–Kier alpha value is -4.85. The van der Waals surface area contributed by atoms with Gasteiger partial charge < -0.3 is 29.9 Å². The lowest BCUT2D eigenvalue weighted by atomic mass is 10.1. The summed E-state index contributed by atoms with van der Waals surface area (Å²) >= 11 is 0. The molecule has 2 aromatic carbocycles. The van der Waals surface area contributed by atoms with Crippen molar-refractivity contribution < 1.29 is 32.6 Å². The largest absolute Gasteiger partial charge is 0.494 e. The van der Waals surface area contributed by atoms with E-state index >= 15 is 0 Å². The number of fused-ring (bicyclic) bond motifs is 1. The minimum Gasteiger partial charge on any atom is -0.494 e. The van der Waals surface area contributed by atoms with E-state index in [4.69, 9.17) is 14.6 Å². The second kappa shape index (κ2) is 13.0. The molecule has 2 N–H and O–H groups in total. The monoisotopic (exact) mass is 625 g/mol. The molecule has 0 atom stereocenters. The Bertz CT molecular complexity index is 1660. The summed E-state index contributed by atoms with van der Waals surface area (Å²) in [6.45, 7) is 5.74. The Morgan fingerprint density at radius 1 is 1.00 bits per heavy atom. The number of hydrogen-bond acceptors (Lipinski definition) is 8. The number of nitrogens with zero attached hydrogens (tertiary/aromatic N) is 6. The molecule has 14 heteroatoms. The van der Waals surface area contributed by atoms with Gasteiger partial charge in [0, 0.05) is 68.3 Å². The number of aliphatic carboxylic acids is 1. The van der Waals surface area contributed by atoms with E-state index in [9.17, 15) is 18.0 Å². The van der Waals surface area contributed by atoms with Crippen molar-refractivity contribution >= 4 is 40.5 Å². The van der Waals surface area contributed by atoms with Crippen LogP contribution in [-0.4, -0.2) is 89.0 Å². The number of halogens is 3. The van der Waals surface area contributed by atoms with E-state index in [2.05, 4.69) is 56.5 Å². The van der Waals surface area contributed by atoms with E-state index < -0.39 is 12.1 Å². The van der Waals surface area contributed by atoms with Crippen molar-refractivity contribution in [1.82, 2.24) is 19.5 Å². The van der Waals surface area contributed by atoms with Gasteiger partial charge in [0.15, 0.2) is 5.65 Å². The van der Waals surface area contributed by atoms with Crippen molar-refractivity contribution in [2.24, 2.45) is 0 Å². The summed E-state index contributed by atoms with van der Waals surface area (Å²) in [6.07, 6.45) is -0.959. The molecule has 1 amide bonds. The first kappa shape index (κ1) is 31.6. The fourth-order valence-electron chi connectivity index (χ4n) is 5.07. The van der Waals surface area contributed by atoms with Gasteiger partial charge in [0.2, 0.25) is 11.9 Å². The minimum atomic E-state index is -5.08. The number of benzene rings is 2. The third kappa shape index (κ3) is 7.63. The second-order valence-electron chi connectivity index (χ2n) is 10.9. The summed E-state index contributed by atoms with van der Waals surface area (Å²) in [7, 11) is 3.84.